The molecule has 3 aromatic rings. The van der Waals surface area contributed by atoms with Crippen LogP contribution in [0.1, 0.15) is 12.5 Å². The summed E-state index contributed by atoms with van der Waals surface area (Å²) in [4.78, 5) is 14.9. The van der Waals surface area contributed by atoms with Crippen LogP contribution in [-0.2, 0) is 9.53 Å². The normalized spacial score (nSPS) is 14.5. The molecule has 1 N–H and O–H groups in total. The van der Waals surface area contributed by atoms with E-state index >= 15 is 0 Å². The Bertz CT molecular complexity index is 1100. The van der Waals surface area contributed by atoms with E-state index in [-0.39, 0.29) is 5.91 Å². The molecule has 0 bridgehead atoms. The van der Waals surface area contributed by atoms with Crippen molar-refractivity contribution in [2.75, 3.05) is 43.6 Å². The minimum atomic E-state index is -0.710. The van der Waals surface area contributed by atoms with Gasteiger partial charge in [-0.25, -0.2) is 0 Å². The fourth-order valence-corrected chi connectivity index (χ4v) is 3.56. The van der Waals surface area contributed by atoms with Crippen molar-refractivity contribution >= 4 is 17.4 Å². The van der Waals surface area contributed by atoms with Crippen molar-refractivity contribution in [1.29, 1.82) is 0 Å². The number of rotatable bonds is 7. The molecule has 1 saturated heterocycles. The second kappa shape index (κ2) is 10.3. The molecule has 2 aromatic carbocycles. The highest BCUT2D eigenvalue weighted by atomic mass is 16.5. The summed E-state index contributed by atoms with van der Waals surface area (Å²) in [6.45, 7) is 6.69. The van der Waals surface area contributed by atoms with Crippen molar-refractivity contribution in [3.8, 4) is 22.8 Å². The number of aryl methyl sites for hydroxylation is 1. The molecule has 33 heavy (non-hydrogen) atoms. The lowest BCUT2D eigenvalue weighted by Gasteiger charge is -2.27. The van der Waals surface area contributed by atoms with Crippen LogP contribution in [0.2, 0.25) is 0 Å². The maximum atomic E-state index is 12.7. The Hall–Kier alpha value is -3.65. The molecule has 1 aliphatic rings. The van der Waals surface area contributed by atoms with Crippen LogP contribution in [-0.4, -0.2) is 55.6 Å². The number of carbonyl (C=O) groups excluding carboxylic acids is 1. The standard InChI is InChI=1S/C25H28N4O4/c1-17-7-9-22(23(15-17)31-3)33-18(2)25(30)26-20-6-4-5-19(16-20)21-8-10-24(28-27-21)29-11-13-32-14-12-29/h4-10,15-16,18H,11-14H2,1-3H3,(H,26,30). The molecule has 0 radical (unpaired) electrons. The van der Waals surface area contributed by atoms with Gasteiger partial charge >= 0.3 is 0 Å². The van der Waals surface area contributed by atoms with Gasteiger partial charge in [0, 0.05) is 24.3 Å². The number of hydrogen-bond donors (Lipinski definition) is 1. The molecule has 1 unspecified atom stereocenters. The summed E-state index contributed by atoms with van der Waals surface area (Å²) in [7, 11) is 1.58. The van der Waals surface area contributed by atoms with Gasteiger partial charge in [-0.1, -0.05) is 18.2 Å². The number of ether oxygens (including phenoxy) is 3. The Balaban J connectivity index is 1.42. The number of carbonyl (C=O) groups is 1. The number of benzene rings is 2. The summed E-state index contributed by atoms with van der Waals surface area (Å²) >= 11 is 0. The van der Waals surface area contributed by atoms with Gasteiger partial charge in [-0.3, -0.25) is 4.79 Å². The van der Waals surface area contributed by atoms with Crippen molar-refractivity contribution < 1.29 is 19.0 Å². The molecule has 0 aliphatic carbocycles. The van der Waals surface area contributed by atoms with E-state index in [1.807, 2.05) is 55.5 Å². The summed E-state index contributed by atoms with van der Waals surface area (Å²) < 4.78 is 16.6. The second-order valence-electron chi connectivity index (χ2n) is 7.86. The monoisotopic (exact) mass is 448 g/mol. The van der Waals surface area contributed by atoms with Crippen molar-refractivity contribution in [2.45, 2.75) is 20.0 Å². The van der Waals surface area contributed by atoms with Gasteiger partial charge in [-0.2, -0.15) is 0 Å². The van der Waals surface area contributed by atoms with Crippen LogP contribution in [0.25, 0.3) is 11.3 Å². The Morgan fingerprint density at radius 3 is 2.61 bits per heavy atom. The Morgan fingerprint density at radius 2 is 1.88 bits per heavy atom. The van der Waals surface area contributed by atoms with Crippen LogP contribution in [0.3, 0.4) is 0 Å². The molecule has 8 nitrogen and oxygen atoms in total. The number of amides is 1. The van der Waals surface area contributed by atoms with Gasteiger partial charge < -0.3 is 24.4 Å². The third-order valence-electron chi connectivity index (χ3n) is 5.40. The fourth-order valence-electron chi connectivity index (χ4n) is 3.56. The Kier molecular flexibility index (Phi) is 7.04. The van der Waals surface area contributed by atoms with Gasteiger partial charge in [0.1, 0.15) is 0 Å². The molecule has 1 aliphatic heterocycles. The van der Waals surface area contributed by atoms with E-state index in [0.717, 1.165) is 35.7 Å². The molecule has 4 rings (SSSR count). The van der Waals surface area contributed by atoms with E-state index in [9.17, 15) is 4.79 Å². The Labute approximate surface area is 193 Å². The third-order valence-corrected chi connectivity index (χ3v) is 5.40. The summed E-state index contributed by atoms with van der Waals surface area (Å²) in [5.74, 6) is 1.69. The van der Waals surface area contributed by atoms with Crippen LogP contribution in [0, 0.1) is 6.92 Å². The SMILES string of the molecule is COc1cc(C)ccc1OC(C)C(=O)Nc1cccc(-c2ccc(N3CCOCC3)nn2)c1. The first kappa shape index (κ1) is 22.5. The first-order valence-corrected chi connectivity index (χ1v) is 10.9. The predicted octanol–water partition coefficient (Wildman–Crippen LogP) is 3.70. The van der Waals surface area contributed by atoms with Gasteiger partial charge in [0.25, 0.3) is 5.91 Å². The average Bonchev–Trinajstić information content (AvgIpc) is 2.86. The molecule has 2 heterocycles. The zero-order valence-electron chi connectivity index (χ0n) is 19.1. The zero-order valence-corrected chi connectivity index (χ0v) is 19.1. The second-order valence-corrected chi connectivity index (χ2v) is 7.86. The molecule has 1 fully saturated rings. The number of methoxy groups -OCH3 is 1. The molecule has 1 amide bonds. The van der Waals surface area contributed by atoms with Crippen molar-refractivity contribution in [3.05, 3.63) is 60.2 Å². The molecular weight excluding hydrogens is 420 g/mol. The fraction of sp³-hybridized carbons (Fsp3) is 0.320. The quantitative estimate of drug-likeness (QED) is 0.590. The van der Waals surface area contributed by atoms with Crippen molar-refractivity contribution in [1.82, 2.24) is 10.2 Å². The lowest BCUT2D eigenvalue weighted by atomic mass is 10.1. The maximum absolute atomic E-state index is 12.7. The molecule has 0 saturated carbocycles. The third kappa shape index (κ3) is 5.59. The summed E-state index contributed by atoms with van der Waals surface area (Å²) in [6, 6.07) is 17.0. The minimum absolute atomic E-state index is 0.261. The van der Waals surface area contributed by atoms with Gasteiger partial charge in [0.2, 0.25) is 0 Å². The smallest absolute Gasteiger partial charge is 0.265 e. The summed E-state index contributed by atoms with van der Waals surface area (Å²) in [5, 5.41) is 11.7. The van der Waals surface area contributed by atoms with Gasteiger partial charge in [0.05, 0.1) is 26.0 Å². The topological polar surface area (TPSA) is 85.8 Å². The van der Waals surface area contributed by atoms with E-state index in [1.54, 1.807) is 20.1 Å². The molecule has 0 spiro atoms. The predicted molar refractivity (Wildman–Crippen MR) is 127 cm³/mol. The summed E-state index contributed by atoms with van der Waals surface area (Å²) in [6.07, 6.45) is -0.710. The van der Waals surface area contributed by atoms with E-state index < -0.39 is 6.10 Å². The molecule has 1 atom stereocenters. The van der Waals surface area contributed by atoms with Crippen LogP contribution >= 0.6 is 0 Å². The Morgan fingerprint density at radius 1 is 1.06 bits per heavy atom. The molecule has 8 heteroatoms. The number of nitrogens with one attached hydrogen (secondary N) is 1. The number of hydrogen-bond acceptors (Lipinski definition) is 7. The van der Waals surface area contributed by atoms with E-state index in [1.165, 1.54) is 0 Å². The number of nitrogens with zero attached hydrogens (tertiary/aromatic N) is 3. The van der Waals surface area contributed by atoms with Gasteiger partial charge in [-0.05, 0) is 55.8 Å². The number of morpholine rings is 1. The van der Waals surface area contributed by atoms with Gasteiger partial charge in [0.15, 0.2) is 23.4 Å². The highest BCUT2D eigenvalue weighted by Gasteiger charge is 2.18. The minimum Gasteiger partial charge on any atom is -0.493 e. The molecular formula is C25H28N4O4. The van der Waals surface area contributed by atoms with E-state index in [2.05, 4.69) is 20.4 Å². The van der Waals surface area contributed by atoms with Crippen LogP contribution in [0.5, 0.6) is 11.5 Å². The van der Waals surface area contributed by atoms with Crippen molar-refractivity contribution in [2.24, 2.45) is 0 Å². The largest absolute Gasteiger partial charge is 0.493 e. The highest BCUT2D eigenvalue weighted by Crippen LogP contribution is 2.29. The van der Waals surface area contributed by atoms with E-state index in [4.69, 9.17) is 14.2 Å². The molecule has 1 aromatic heterocycles. The summed E-state index contributed by atoms with van der Waals surface area (Å²) in [5.41, 5.74) is 3.30. The number of aromatic nitrogens is 2. The maximum Gasteiger partial charge on any atom is 0.265 e. The van der Waals surface area contributed by atoms with Crippen molar-refractivity contribution in [3.63, 3.8) is 0 Å². The average molecular weight is 449 g/mol. The first-order chi connectivity index (χ1) is 16.0. The lowest BCUT2D eigenvalue weighted by molar-refractivity contribution is -0.122. The zero-order chi connectivity index (χ0) is 23.2. The lowest BCUT2D eigenvalue weighted by Crippen LogP contribution is -2.36. The number of anilines is 2. The first-order valence-electron chi connectivity index (χ1n) is 10.9. The van der Waals surface area contributed by atoms with Crippen LogP contribution in [0.15, 0.2) is 54.6 Å². The van der Waals surface area contributed by atoms with E-state index in [0.29, 0.717) is 30.4 Å². The van der Waals surface area contributed by atoms with Gasteiger partial charge in [-0.15, -0.1) is 10.2 Å². The molecule has 172 valence electrons. The van der Waals surface area contributed by atoms with Crippen LogP contribution in [0.4, 0.5) is 11.5 Å². The highest BCUT2D eigenvalue weighted by molar-refractivity contribution is 5.94. The van der Waals surface area contributed by atoms with Crippen LogP contribution < -0.4 is 19.7 Å².